The molecule has 0 fully saturated rings. The van der Waals surface area contributed by atoms with Crippen molar-refractivity contribution in [3.05, 3.63) is 77.9 Å². The maximum atomic E-state index is 2.47. The molecule has 0 N–H and O–H groups in total. The lowest BCUT2D eigenvalue weighted by atomic mass is 9.71. The standard InChI is InChI=1S/C22H19N/c1-3-22(2)17-11-5-7-14-20(17)23-19-13-6-4-9-15(19)16-10-8-12-18(22)21(16)23/h4-14H,3H2,1-2H3. The topological polar surface area (TPSA) is 4.93 Å². The zero-order valence-corrected chi connectivity index (χ0v) is 13.5. The predicted molar refractivity (Wildman–Crippen MR) is 97.5 cm³/mol. The third-order valence-electron chi connectivity index (χ3n) is 5.74. The third-order valence-corrected chi connectivity index (χ3v) is 5.74. The Bertz CT molecular complexity index is 1070. The molecule has 23 heavy (non-hydrogen) atoms. The van der Waals surface area contributed by atoms with Crippen LogP contribution in [0.1, 0.15) is 31.4 Å². The fourth-order valence-corrected chi connectivity index (χ4v) is 4.38. The number of para-hydroxylation sites is 3. The van der Waals surface area contributed by atoms with Gasteiger partial charge in [-0.1, -0.05) is 68.4 Å². The number of fused-ring (bicyclic) bond motifs is 5. The number of benzene rings is 3. The number of hydrogen-bond donors (Lipinski definition) is 0. The summed E-state index contributed by atoms with van der Waals surface area (Å²) in [5.41, 5.74) is 6.98. The van der Waals surface area contributed by atoms with Crippen molar-refractivity contribution in [1.82, 2.24) is 4.57 Å². The highest BCUT2D eigenvalue weighted by Crippen LogP contribution is 2.48. The Hall–Kier alpha value is -2.54. The fourth-order valence-electron chi connectivity index (χ4n) is 4.38. The van der Waals surface area contributed by atoms with E-state index in [2.05, 4.69) is 85.1 Å². The molecule has 0 saturated heterocycles. The molecule has 0 radical (unpaired) electrons. The second-order valence-corrected chi connectivity index (χ2v) is 6.76. The van der Waals surface area contributed by atoms with Crippen LogP contribution in [0, 0.1) is 0 Å². The number of hydrogen-bond acceptors (Lipinski definition) is 0. The molecule has 4 aromatic rings. The summed E-state index contributed by atoms with van der Waals surface area (Å²) in [6, 6.07) is 24.5. The number of aromatic nitrogens is 1. The van der Waals surface area contributed by atoms with Crippen LogP contribution in [0.4, 0.5) is 0 Å². The summed E-state index contributed by atoms with van der Waals surface area (Å²) in [6.07, 6.45) is 1.10. The molecule has 2 heterocycles. The van der Waals surface area contributed by atoms with Gasteiger partial charge in [0.15, 0.2) is 0 Å². The van der Waals surface area contributed by atoms with Crippen LogP contribution in [-0.4, -0.2) is 4.57 Å². The maximum absolute atomic E-state index is 2.47. The van der Waals surface area contributed by atoms with Gasteiger partial charge in [0.25, 0.3) is 0 Å². The Morgan fingerprint density at radius 2 is 1.48 bits per heavy atom. The van der Waals surface area contributed by atoms with Gasteiger partial charge in [-0.05, 0) is 29.7 Å². The lowest BCUT2D eigenvalue weighted by Gasteiger charge is -2.37. The van der Waals surface area contributed by atoms with Crippen LogP contribution in [-0.2, 0) is 5.41 Å². The molecule has 1 aromatic heterocycles. The number of nitrogens with zero attached hydrogens (tertiary/aromatic N) is 1. The summed E-state index contributed by atoms with van der Waals surface area (Å²) >= 11 is 0. The Morgan fingerprint density at radius 1 is 0.783 bits per heavy atom. The summed E-state index contributed by atoms with van der Waals surface area (Å²) in [4.78, 5) is 0. The van der Waals surface area contributed by atoms with E-state index in [-0.39, 0.29) is 5.41 Å². The average Bonchev–Trinajstić information content (AvgIpc) is 2.95. The first kappa shape index (κ1) is 13.0. The molecule has 0 aliphatic carbocycles. The molecule has 112 valence electrons. The van der Waals surface area contributed by atoms with Crippen molar-refractivity contribution in [2.24, 2.45) is 0 Å². The molecule has 0 amide bonds. The van der Waals surface area contributed by atoms with Gasteiger partial charge in [-0.25, -0.2) is 0 Å². The first-order valence-electron chi connectivity index (χ1n) is 8.38. The third kappa shape index (κ3) is 1.43. The molecule has 5 rings (SSSR count). The van der Waals surface area contributed by atoms with Crippen molar-refractivity contribution < 1.29 is 0 Å². The molecule has 1 heteroatoms. The zero-order valence-electron chi connectivity index (χ0n) is 13.5. The van der Waals surface area contributed by atoms with E-state index in [4.69, 9.17) is 0 Å². The summed E-state index contributed by atoms with van der Waals surface area (Å²) in [7, 11) is 0. The lowest BCUT2D eigenvalue weighted by molar-refractivity contribution is 0.543. The van der Waals surface area contributed by atoms with Crippen molar-refractivity contribution in [3.8, 4) is 5.69 Å². The quantitative estimate of drug-likeness (QED) is 0.417. The molecule has 1 atom stereocenters. The minimum Gasteiger partial charge on any atom is -0.309 e. The summed E-state index contributed by atoms with van der Waals surface area (Å²) in [5.74, 6) is 0. The van der Waals surface area contributed by atoms with E-state index in [1.54, 1.807) is 0 Å². The Labute approximate surface area is 136 Å². The minimum atomic E-state index is 0.0699. The van der Waals surface area contributed by atoms with E-state index < -0.39 is 0 Å². The molecule has 1 unspecified atom stereocenters. The highest BCUT2D eigenvalue weighted by Gasteiger charge is 2.36. The van der Waals surface area contributed by atoms with Gasteiger partial charge in [-0.3, -0.25) is 0 Å². The van der Waals surface area contributed by atoms with Crippen LogP contribution in [0.3, 0.4) is 0 Å². The maximum Gasteiger partial charge on any atom is 0.0582 e. The van der Waals surface area contributed by atoms with Gasteiger partial charge < -0.3 is 4.57 Å². The average molecular weight is 297 g/mol. The monoisotopic (exact) mass is 297 g/mol. The van der Waals surface area contributed by atoms with Gasteiger partial charge in [-0.15, -0.1) is 0 Å². The first-order chi connectivity index (χ1) is 11.3. The number of rotatable bonds is 1. The van der Waals surface area contributed by atoms with Gasteiger partial charge in [0, 0.05) is 16.2 Å². The predicted octanol–water partition coefficient (Wildman–Crippen LogP) is 5.81. The largest absolute Gasteiger partial charge is 0.309 e. The highest BCUT2D eigenvalue weighted by molar-refractivity contribution is 6.11. The molecular formula is C22H19N. The van der Waals surface area contributed by atoms with Gasteiger partial charge in [0.2, 0.25) is 0 Å². The minimum absolute atomic E-state index is 0.0699. The Balaban J connectivity index is 2.12. The fraction of sp³-hybridized carbons (Fsp3) is 0.182. The van der Waals surface area contributed by atoms with Crippen molar-refractivity contribution in [1.29, 1.82) is 0 Å². The zero-order chi connectivity index (χ0) is 15.6. The molecule has 0 spiro atoms. The SMILES string of the molecule is CCC1(C)c2ccccc2-n2c3ccccc3c3cccc1c32. The summed E-state index contributed by atoms with van der Waals surface area (Å²) in [6.45, 7) is 4.69. The van der Waals surface area contributed by atoms with Gasteiger partial charge in [0.05, 0.1) is 16.7 Å². The Kier molecular flexibility index (Phi) is 2.40. The van der Waals surface area contributed by atoms with E-state index >= 15 is 0 Å². The molecule has 0 bridgehead atoms. The highest BCUT2D eigenvalue weighted by atomic mass is 15.0. The molecule has 3 aromatic carbocycles. The van der Waals surface area contributed by atoms with Crippen LogP contribution in [0.2, 0.25) is 0 Å². The van der Waals surface area contributed by atoms with E-state index in [9.17, 15) is 0 Å². The van der Waals surface area contributed by atoms with Crippen LogP contribution < -0.4 is 0 Å². The van der Waals surface area contributed by atoms with E-state index in [0.717, 1.165) is 6.42 Å². The molecule has 0 saturated carbocycles. The van der Waals surface area contributed by atoms with Gasteiger partial charge in [0.1, 0.15) is 0 Å². The first-order valence-corrected chi connectivity index (χ1v) is 8.38. The van der Waals surface area contributed by atoms with E-state index in [1.165, 1.54) is 38.6 Å². The van der Waals surface area contributed by atoms with Crippen LogP contribution in [0.25, 0.3) is 27.5 Å². The van der Waals surface area contributed by atoms with Crippen LogP contribution >= 0.6 is 0 Å². The van der Waals surface area contributed by atoms with Crippen molar-refractivity contribution in [2.45, 2.75) is 25.7 Å². The molecule has 1 nitrogen and oxygen atoms in total. The lowest BCUT2D eigenvalue weighted by Crippen LogP contribution is -2.28. The molecule has 1 aliphatic rings. The van der Waals surface area contributed by atoms with E-state index in [1.807, 2.05) is 0 Å². The molecule has 1 aliphatic heterocycles. The smallest absolute Gasteiger partial charge is 0.0582 e. The van der Waals surface area contributed by atoms with Crippen molar-refractivity contribution in [3.63, 3.8) is 0 Å². The second kappa shape index (κ2) is 4.26. The Morgan fingerprint density at radius 3 is 2.35 bits per heavy atom. The summed E-state index contributed by atoms with van der Waals surface area (Å²) < 4.78 is 2.47. The van der Waals surface area contributed by atoms with Crippen molar-refractivity contribution in [2.75, 3.05) is 0 Å². The van der Waals surface area contributed by atoms with Crippen LogP contribution in [0.15, 0.2) is 66.7 Å². The van der Waals surface area contributed by atoms with Gasteiger partial charge >= 0.3 is 0 Å². The van der Waals surface area contributed by atoms with Gasteiger partial charge in [-0.2, -0.15) is 0 Å². The second-order valence-electron chi connectivity index (χ2n) is 6.76. The van der Waals surface area contributed by atoms with Crippen LogP contribution in [0.5, 0.6) is 0 Å². The van der Waals surface area contributed by atoms with Crippen molar-refractivity contribution >= 4 is 21.8 Å². The van der Waals surface area contributed by atoms with E-state index in [0.29, 0.717) is 0 Å². The summed E-state index contributed by atoms with van der Waals surface area (Å²) in [5, 5.41) is 2.71. The molecular weight excluding hydrogens is 278 g/mol. The normalized spacial score (nSPS) is 19.2.